The van der Waals surface area contributed by atoms with Crippen molar-refractivity contribution < 1.29 is 18.0 Å². The summed E-state index contributed by atoms with van der Waals surface area (Å²) in [5, 5.41) is 12.1. The van der Waals surface area contributed by atoms with Crippen molar-refractivity contribution in [2.75, 3.05) is 6.54 Å². The number of sulfonamides is 1. The Bertz CT molecular complexity index is 1150. The predicted molar refractivity (Wildman–Crippen MR) is 123 cm³/mol. The fourth-order valence-electron chi connectivity index (χ4n) is 2.97. The molecule has 3 aromatic rings. The first-order valence-electron chi connectivity index (χ1n) is 10.1. The molecule has 0 aromatic heterocycles. The molecule has 0 fully saturated rings. The van der Waals surface area contributed by atoms with Gasteiger partial charge in [0.15, 0.2) is 0 Å². The molecule has 0 aliphatic rings. The van der Waals surface area contributed by atoms with Gasteiger partial charge in [-0.3, -0.25) is 4.79 Å². The molecule has 3 N–H and O–H groups in total. The molecule has 0 saturated carbocycles. The van der Waals surface area contributed by atoms with E-state index >= 15 is 0 Å². The molecule has 3 rings (SSSR count). The number of rotatable bonds is 10. The largest absolute Gasteiger partial charge is 0.391 e. The van der Waals surface area contributed by atoms with Gasteiger partial charge in [-0.1, -0.05) is 78.0 Å². The lowest BCUT2D eigenvalue weighted by Crippen LogP contribution is -2.34. The van der Waals surface area contributed by atoms with Gasteiger partial charge in [-0.15, -0.1) is 0 Å². The molecule has 32 heavy (non-hydrogen) atoms. The van der Waals surface area contributed by atoms with Gasteiger partial charge in [0.05, 0.1) is 4.90 Å². The average Bonchev–Trinajstić information content (AvgIpc) is 2.79. The number of carbonyl (C=O) groups excluding carboxylic acids is 1. The van der Waals surface area contributed by atoms with Crippen molar-refractivity contribution in [1.82, 2.24) is 5.32 Å². The van der Waals surface area contributed by atoms with E-state index in [-0.39, 0.29) is 23.1 Å². The molecule has 8 heteroatoms. The molecule has 0 bridgehead atoms. The van der Waals surface area contributed by atoms with Gasteiger partial charge in [-0.2, -0.15) is 0 Å². The molecule has 0 atom stereocenters. The number of amides is 1. The standard InChI is InChI=1S/C24H25N3O4S/c25-32(29,30)22-13-11-19(12-14-22)15-16-26-24(28)23(17-20-7-3-1-4-8-20)27-31-18-21-9-5-2-6-10-21/h1-14H,15-18H2,(H,26,28)(H2,25,29,30)/b27-23+. The van der Waals surface area contributed by atoms with E-state index in [1.807, 2.05) is 60.7 Å². The van der Waals surface area contributed by atoms with Gasteiger partial charge in [0, 0.05) is 13.0 Å². The van der Waals surface area contributed by atoms with Crippen LogP contribution in [0.5, 0.6) is 0 Å². The van der Waals surface area contributed by atoms with Crippen molar-refractivity contribution in [3.63, 3.8) is 0 Å². The van der Waals surface area contributed by atoms with E-state index in [0.29, 0.717) is 19.4 Å². The topological polar surface area (TPSA) is 111 Å². The lowest BCUT2D eigenvalue weighted by atomic mass is 10.1. The van der Waals surface area contributed by atoms with Crippen LogP contribution in [-0.2, 0) is 39.1 Å². The minimum Gasteiger partial charge on any atom is -0.391 e. The van der Waals surface area contributed by atoms with Crippen LogP contribution in [0.25, 0.3) is 0 Å². The second kappa shape index (κ2) is 11.2. The first-order valence-corrected chi connectivity index (χ1v) is 11.6. The Balaban J connectivity index is 1.60. The van der Waals surface area contributed by atoms with Crippen LogP contribution >= 0.6 is 0 Å². The number of hydrogen-bond acceptors (Lipinski definition) is 5. The van der Waals surface area contributed by atoms with Crippen LogP contribution in [0.15, 0.2) is 95.0 Å². The molecule has 0 spiro atoms. The number of carbonyl (C=O) groups is 1. The number of oxime groups is 1. The van der Waals surface area contributed by atoms with Crippen LogP contribution in [0.2, 0.25) is 0 Å². The van der Waals surface area contributed by atoms with Crippen LogP contribution in [0.1, 0.15) is 16.7 Å². The monoisotopic (exact) mass is 451 g/mol. The van der Waals surface area contributed by atoms with Crippen LogP contribution in [0.4, 0.5) is 0 Å². The van der Waals surface area contributed by atoms with E-state index in [1.54, 1.807) is 12.1 Å². The third kappa shape index (κ3) is 7.33. The summed E-state index contributed by atoms with van der Waals surface area (Å²) in [6.07, 6.45) is 0.866. The number of nitrogens with two attached hydrogens (primary N) is 1. The number of hydrogen-bond donors (Lipinski definition) is 2. The molecule has 1 amide bonds. The van der Waals surface area contributed by atoms with E-state index in [9.17, 15) is 13.2 Å². The predicted octanol–water partition coefficient (Wildman–Crippen LogP) is 2.81. The first kappa shape index (κ1) is 23.2. The maximum absolute atomic E-state index is 12.7. The van der Waals surface area contributed by atoms with Crippen molar-refractivity contribution in [3.05, 3.63) is 102 Å². The zero-order valence-electron chi connectivity index (χ0n) is 17.5. The van der Waals surface area contributed by atoms with Gasteiger partial charge >= 0.3 is 0 Å². The quantitative estimate of drug-likeness (QED) is 0.365. The van der Waals surface area contributed by atoms with Crippen molar-refractivity contribution >= 4 is 21.6 Å². The minimum absolute atomic E-state index is 0.0538. The summed E-state index contributed by atoms with van der Waals surface area (Å²) < 4.78 is 22.7. The fraction of sp³-hybridized carbons (Fsp3) is 0.167. The molecule has 7 nitrogen and oxygen atoms in total. The highest BCUT2D eigenvalue weighted by Gasteiger charge is 2.13. The van der Waals surface area contributed by atoms with E-state index in [4.69, 9.17) is 9.98 Å². The Morgan fingerprint density at radius 1 is 0.844 bits per heavy atom. The second-order valence-electron chi connectivity index (χ2n) is 7.15. The van der Waals surface area contributed by atoms with Gasteiger partial charge in [0.1, 0.15) is 12.3 Å². The van der Waals surface area contributed by atoms with E-state index < -0.39 is 10.0 Å². The fourth-order valence-corrected chi connectivity index (χ4v) is 3.49. The van der Waals surface area contributed by atoms with Gasteiger partial charge < -0.3 is 10.2 Å². The zero-order valence-corrected chi connectivity index (χ0v) is 18.3. The number of nitrogens with one attached hydrogen (secondary N) is 1. The average molecular weight is 452 g/mol. The molecule has 0 aliphatic heterocycles. The Hall–Kier alpha value is -3.49. The van der Waals surface area contributed by atoms with E-state index in [2.05, 4.69) is 10.5 Å². The summed E-state index contributed by atoms with van der Waals surface area (Å²) in [4.78, 5) is 18.2. The Labute approximate surface area is 188 Å². The van der Waals surface area contributed by atoms with Crippen LogP contribution in [0.3, 0.4) is 0 Å². The van der Waals surface area contributed by atoms with Crippen LogP contribution in [-0.4, -0.2) is 26.6 Å². The van der Waals surface area contributed by atoms with Gasteiger partial charge in [-0.05, 0) is 35.2 Å². The highest BCUT2D eigenvalue weighted by atomic mass is 32.2. The van der Waals surface area contributed by atoms with Crippen molar-refractivity contribution in [3.8, 4) is 0 Å². The summed E-state index contributed by atoms with van der Waals surface area (Å²) in [5.41, 5.74) is 3.05. The summed E-state index contributed by atoms with van der Waals surface area (Å²) in [6.45, 7) is 0.628. The summed E-state index contributed by atoms with van der Waals surface area (Å²) >= 11 is 0. The highest BCUT2D eigenvalue weighted by molar-refractivity contribution is 7.89. The third-order valence-electron chi connectivity index (χ3n) is 4.68. The third-order valence-corrected chi connectivity index (χ3v) is 5.61. The SMILES string of the molecule is NS(=O)(=O)c1ccc(CCNC(=O)/C(Cc2ccccc2)=N/OCc2ccccc2)cc1. The summed E-state index contributed by atoms with van der Waals surface area (Å²) in [5.74, 6) is -0.317. The smallest absolute Gasteiger partial charge is 0.269 e. The molecular formula is C24H25N3O4S. The summed E-state index contributed by atoms with van der Waals surface area (Å²) in [7, 11) is -3.72. The number of benzene rings is 3. The van der Waals surface area contributed by atoms with Gasteiger partial charge in [-0.25, -0.2) is 13.6 Å². The highest BCUT2D eigenvalue weighted by Crippen LogP contribution is 2.09. The molecule has 166 valence electrons. The first-order chi connectivity index (χ1) is 15.4. The van der Waals surface area contributed by atoms with E-state index in [1.165, 1.54) is 12.1 Å². The van der Waals surface area contributed by atoms with Crippen molar-refractivity contribution in [1.29, 1.82) is 0 Å². The molecular weight excluding hydrogens is 426 g/mol. The molecule has 0 unspecified atom stereocenters. The van der Waals surface area contributed by atoms with Crippen molar-refractivity contribution in [2.45, 2.75) is 24.3 Å². The molecule has 0 radical (unpaired) electrons. The molecule has 0 aliphatic carbocycles. The molecule has 0 heterocycles. The maximum Gasteiger partial charge on any atom is 0.269 e. The number of primary sulfonamides is 1. The second-order valence-corrected chi connectivity index (χ2v) is 8.72. The van der Waals surface area contributed by atoms with Gasteiger partial charge in [0.2, 0.25) is 10.0 Å². The lowest BCUT2D eigenvalue weighted by molar-refractivity contribution is -0.115. The number of nitrogens with zero attached hydrogens (tertiary/aromatic N) is 1. The van der Waals surface area contributed by atoms with Crippen molar-refractivity contribution in [2.24, 2.45) is 10.3 Å². The Morgan fingerprint density at radius 3 is 2.03 bits per heavy atom. The molecule has 0 saturated heterocycles. The van der Waals surface area contributed by atoms with Gasteiger partial charge in [0.25, 0.3) is 5.91 Å². The van der Waals surface area contributed by atoms with E-state index in [0.717, 1.165) is 16.7 Å². The maximum atomic E-state index is 12.7. The zero-order chi connectivity index (χ0) is 22.8. The van der Waals surface area contributed by atoms with Crippen LogP contribution < -0.4 is 10.5 Å². The lowest BCUT2D eigenvalue weighted by Gasteiger charge is -2.09. The summed E-state index contributed by atoms with van der Waals surface area (Å²) in [6, 6.07) is 25.4. The minimum atomic E-state index is -3.72. The Kier molecular flexibility index (Phi) is 8.13. The normalized spacial score (nSPS) is 11.7. The molecule has 3 aromatic carbocycles. The van der Waals surface area contributed by atoms with Crippen LogP contribution in [0, 0.1) is 0 Å². The Morgan fingerprint density at radius 2 is 1.44 bits per heavy atom.